The number of fused-ring (bicyclic) bond motifs is 2. The van der Waals surface area contributed by atoms with Gasteiger partial charge >= 0.3 is 0 Å². The molecule has 2 fully saturated rings. The predicted molar refractivity (Wildman–Crippen MR) is 110 cm³/mol. The van der Waals surface area contributed by atoms with Crippen LogP contribution in [0.25, 0.3) is 0 Å². The lowest BCUT2D eigenvalue weighted by atomic mass is 9.81. The highest BCUT2D eigenvalue weighted by Gasteiger charge is 2.38. The first kappa shape index (κ1) is 18.5. The lowest BCUT2D eigenvalue weighted by Crippen LogP contribution is -2.56. The molecule has 4 heteroatoms. The number of hydrogen-bond acceptors (Lipinski definition) is 2. The zero-order chi connectivity index (χ0) is 18.8. The van der Waals surface area contributed by atoms with Crippen LogP contribution in [0.3, 0.4) is 0 Å². The number of piperidine rings is 2. The standard InChI is InChI=1S/C23H27ClN2O/c1-16-5-2-3-8-22(16)23(27)25-19-13-20-6-4-7-21(14-19)26(20)15-17-9-11-18(24)12-10-17/h2-3,5,8-12,19-21H,4,6-7,13-15H2,1H3,(H,25,27)/t19?,20-,21+. The Balaban J connectivity index is 1.42. The van der Waals surface area contributed by atoms with Crippen LogP contribution < -0.4 is 5.32 Å². The van der Waals surface area contributed by atoms with Crippen LogP contribution in [0.2, 0.25) is 5.02 Å². The monoisotopic (exact) mass is 382 g/mol. The number of benzene rings is 2. The number of amides is 1. The molecule has 2 heterocycles. The molecular weight excluding hydrogens is 356 g/mol. The topological polar surface area (TPSA) is 32.3 Å². The summed E-state index contributed by atoms with van der Waals surface area (Å²) in [7, 11) is 0. The third kappa shape index (κ3) is 4.20. The summed E-state index contributed by atoms with van der Waals surface area (Å²) in [4.78, 5) is 15.4. The molecule has 1 N–H and O–H groups in total. The highest BCUT2D eigenvalue weighted by molar-refractivity contribution is 6.30. The summed E-state index contributed by atoms with van der Waals surface area (Å²) in [5.41, 5.74) is 3.15. The predicted octanol–water partition coefficient (Wildman–Crippen LogP) is 4.96. The molecule has 0 aliphatic carbocycles. The minimum absolute atomic E-state index is 0.0716. The molecule has 3 atom stereocenters. The maximum absolute atomic E-state index is 12.7. The lowest BCUT2D eigenvalue weighted by Gasteiger charge is -2.49. The Hall–Kier alpha value is -1.84. The minimum atomic E-state index is 0.0716. The van der Waals surface area contributed by atoms with Gasteiger partial charge in [0.15, 0.2) is 0 Å². The number of halogens is 1. The van der Waals surface area contributed by atoms with Gasteiger partial charge in [0, 0.05) is 35.3 Å². The maximum Gasteiger partial charge on any atom is 0.251 e. The van der Waals surface area contributed by atoms with E-state index in [0.717, 1.165) is 35.5 Å². The van der Waals surface area contributed by atoms with E-state index in [0.29, 0.717) is 12.1 Å². The second-order valence-electron chi connectivity index (χ2n) is 7.99. The molecule has 0 radical (unpaired) electrons. The SMILES string of the molecule is Cc1ccccc1C(=O)NC1C[C@H]2CCC[C@@H](C1)N2Cc1ccc(Cl)cc1. The van der Waals surface area contributed by atoms with Gasteiger partial charge in [0.1, 0.15) is 0 Å². The first-order chi connectivity index (χ1) is 13.1. The Morgan fingerprint density at radius 2 is 1.74 bits per heavy atom. The van der Waals surface area contributed by atoms with E-state index < -0.39 is 0 Å². The molecule has 142 valence electrons. The highest BCUT2D eigenvalue weighted by Crippen LogP contribution is 2.35. The van der Waals surface area contributed by atoms with Crippen molar-refractivity contribution < 1.29 is 4.79 Å². The van der Waals surface area contributed by atoms with E-state index in [1.54, 1.807) is 0 Å². The molecule has 1 amide bonds. The Kier molecular flexibility index (Phi) is 5.51. The zero-order valence-electron chi connectivity index (χ0n) is 15.8. The van der Waals surface area contributed by atoms with E-state index in [2.05, 4.69) is 22.3 Å². The molecule has 2 aromatic carbocycles. The molecule has 3 nitrogen and oxygen atoms in total. The smallest absolute Gasteiger partial charge is 0.251 e. The molecule has 2 aliphatic heterocycles. The summed E-state index contributed by atoms with van der Waals surface area (Å²) in [5, 5.41) is 4.10. The Morgan fingerprint density at radius 1 is 1.07 bits per heavy atom. The fourth-order valence-electron chi connectivity index (χ4n) is 4.75. The number of aryl methyl sites for hydroxylation is 1. The second-order valence-corrected chi connectivity index (χ2v) is 8.43. The average molecular weight is 383 g/mol. The molecule has 0 spiro atoms. The van der Waals surface area contributed by atoms with Crippen LogP contribution in [0.15, 0.2) is 48.5 Å². The molecule has 2 saturated heterocycles. The summed E-state index contributed by atoms with van der Waals surface area (Å²) < 4.78 is 0. The van der Waals surface area contributed by atoms with Gasteiger partial charge in [-0.2, -0.15) is 0 Å². The van der Waals surface area contributed by atoms with Gasteiger partial charge in [-0.15, -0.1) is 0 Å². The van der Waals surface area contributed by atoms with Crippen LogP contribution in [-0.2, 0) is 6.54 Å². The summed E-state index contributed by atoms with van der Waals surface area (Å²) in [6.45, 7) is 2.98. The summed E-state index contributed by atoms with van der Waals surface area (Å²) >= 11 is 6.03. The van der Waals surface area contributed by atoms with Gasteiger partial charge in [-0.05, 0) is 61.9 Å². The van der Waals surface area contributed by atoms with Crippen LogP contribution in [0, 0.1) is 6.92 Å². The van der Waals surface area contributed by atoms with E-state index >= 15 is 0 Å². The molecule has 2 bridgehead atoms. The maximum atomic E-state index is 12.7. The van der Waals surface area contributed by atoms with Gasteiger partial charge in [0.25, 0.3) is 5.91 Å². The normalized spacial score (nSPS) is 25.2. The molecular formula is C23H27ClN2O. The first-order valence-corrected chi connectivity index (χ1v) is 10.3. The van der Waals surface area contributed by atoms with Gasteiger partial charge in [-0.3, -0.25) is 9.69 Å². The number of carbonyl (C=O) groups excluding carboxylic acids is 1. The Labute approximate surface area is 166 Å². The second kappa shape index (κ2) is 8.04. The molecule has 2 aromatic rings. The van der Waals surface area contributed by atoms with Crippen molar-refractivity contribution in [2.45, 2.75) is 63.7 Å². The summed E-state index contributed by atoms with van der Waals surface area (Å²) in [5.74, 6) is 0.0716. The van der Waals surface area contributed by atoms with Crippen LogP contribution in [0.4, 0.5) is 0 Å². The van der Waals surface area contributed by atoms with Crippen molar-refractivity contribution in [1.82, 2.24) is 10.2 Å². The van der Waals surface area contributed by atoms with Crippen LogP contribution in [0.1, 0.15) is 53.6 Å². The van der Waals surface area contributed by atoms with Gasteiger partial charge in [0.2, 0.25) is 0 Å². The van der Waals surface area contributed by atoms with Crippen molar-refractivity contribution in [3.8, 4) is 0 Å². The third-order valence-corrected chi connectivity index (χ3v) is 6.38. The van der Waals surface area contributed by atoms with Crippen molar-refractivity contribution in [2.75, 3.05) is 0 Å². The lowest BCUT2D eigenvalue weighted by molar-refractivity contribution is 0.0177. The van der Waals surface area contributed by atoms with E-state index in [4.69, 9.17) is 11.6 Å². The molecule has 1 unspecified atom stereocenters. The molecule has 2 aliphatic rings. The van der Waals surface area contributed by atoms with E-state index in [-0.39, 0.29) is 11.9 Å². The van der Waals surface area contributed by atoms with Crippen LogP contribution in [-0.4, -0.2) is 28.9 Å². The Bertz CT molecular complexity index is 790. The average Bonchev–Trinajstić information content (AvgIpc) is 2.64. The van der Waals surface area contributed by atoms with Crippen molar-refractivity contribution in [1.29, 1.82) is 0 Å². The third-order valence-electron chi connectivity index (χ3n) is 6.13. The Morgan fingerprint density at radius 3 is 2.41 bits per heavy atom. The highest BCUT2D eigenvalue weighted by atomic mass is 35.5. The molecule has 0 saturated carbocycles. The van der Waals surface area contributed by atoms with Crippen LogP contribution in [0.5, 0.6) is 0 Å². The van der Waals surface area contributed by atoms with Crippen molar-refractivity contribution in [3.05, 3.63) is 70.2 Å². The quantitative estimate of drug-likeness (QED) is 0.810. The van der Waals surface area contributed by atoms with E-state index in [1.165, 1.54) is 24.8 Å². The molecule has 27 heavy (non-hydrogen) atoms. The molecule has 4 rings (SSSR count). The number of hydrogen-bond donors (Lipinski definition) is 1. The first-order valence-electron chi connectivity index (χ1n) is 9.97. The number of carbonyl (C=O) groups is 1. The van der Waals surface area contributed by atoms with Crippen molar-refractivity contribution in [3.63, 3.8) is 0 Å². The fraction of sp³-hybridized carbons (Fsp3) is 0.435. The van der Waals surface area contributed by atoms with Crippen molar-refractivity contribution in [2.24, 2.45) is 0 Å². The molecule has 0 aromatic heterocycles. The number of rotatable bonds is 4. The minimum Gasteiger partial charge on any atom is -0.349 e. The van der Waals surface area contributed by atoms with Gasteiger partial charge in [0.05, 0.1) is 0 Å². The van der Waals surface area contributed by atoms with Gasteiger partial charge in [-0.1, -0.05) is 48.4 Å². The number of nitrogens with zero attached hydrogens (tertiary/aromatic N) is 1. The fourth-order valence-corrected chi connectivity index (χ4v) is 4.87. The van der Waals surface area contributed by atoms with Crippen LogP contribution >= 0.6 is 11.6 Å². The summed E-state index contributed by atoms with van der Waals surface area (Å²) in [6, 6.07) is 17.4. The summed E-state index contributed by atoms with van der Waals surface area (Å²) in [6.07, 6.45) is 5.83. The largest absolute Gasteiger partial charge is 0.349 e. The zero-order valence-corrected chi connectivity index (χ0v) is 16.6. The van der Waals surface area contributed by atoms with Gasteiger partial charge in [-0.25, -0.2) is 0 Å². The van der Waals surface area contributed by atoms with Crippen molar-refractivity contribution >= 4 is 17.5 Å². The van der Waals surface area contributed by atoms with Gasteiger partial charge < -0.3 is 5.32 Å². The number of nitrogens with one attached hydrogen (secondary N) is 1. The van der Waals surface area contributed by atoms with E-state index in [9.17, 15) is 4.79 Å². The van der Waals surface area contributed by atoms with E-state index in [1.807, 2.05) is 43.3 Å².